The fourth-order valence-corrected chi connectivity index (χ4v) is 5.21. The fourth-order valence-electron chi connectivity index (χ4n) is 3.41. The van der Waals surface area contributed by atoms with Crippen LogP contribution in [0.15, 0.2) is 69.0 Å². The van der Waals surface area contributed by atoms with Crippen LogP contribution in [0.2, 0.25) is 0 Å². The summed E-state index contributed by atoms with van der Waals surface area (Å²) in [4.78, 5) is 31.5. The topological polar surface area (TPSA) is 92.6 Å². The summed E-state index contributed by atoms with van der Waals surface area (Å²) in [6, 6.07) is 13.5. The van der Waals surface area contributed by atoms with Gasteiger partial charge in [-0.05, 0) is 30.3 Å². The fraction of sp³-hybridized carbons (Fsp3) is 0.250. The van der Waals surface area contributed by atoms with E-state index in [0.717, 1.165) is 4.47 Å². The van der Waals surface area contributed by atoms with Gasteiger partial charge in [0.25, 0.3) is 5.56 Å². The van der Waals surface area contributed by atoms with Crippen molar-refractivity contribution in [3.8, 4) is 0 Å². The smallest absolute Gasteiger partial charge is 0.261 e. The summed E-state index contributed by atoms with van der Waals surface area (Å²) in [5.74, 6) is -0.245. The second kappa shape index (κ2) is 8.29. The van der Waals surface area contributed by atoms with Crippen LogP contribution in [0.5, 0.6) is 0 Å². The van der Waals surface area contributed by atoms with Gasteiger partial charge in [0.15, 0.2) is 0 Å². The van der Waals surface area contributed by atoms with E-state index < -0.39 is 10.0 Å². The third-order valence-corrected chi connectivity index (χ3v) is 7.47. The normalized spacial score (nSPS) is 15.4. The third kappa shape index (κ3) is 4.03. The molecule has 156 valence electrons. The van der Waals surface area contributed by atoms with Crippen LogP contribution in [-0.4, -0.2) is 59.3 Å². The second-order valence-corrected chi connectivity index (χ2v) is 9.79. The zero-order valence-corrected chi connectivity index (χ0v) is 18.3. The molecule has 0 radical (unpaired) electrons. The molecule has 0 N–H and O–H groups in total. The average molecular weight is 491 g/mol. The Morgan fingerprint density at radius 2 is 1.73 bits per heavy atom. The molecule has 0 saturated carbocycles. The van der Waals surface area contributed by atoms with E-state index in [0.29, 0.717) is 10.9 Å². The number of piperazine rings is 1. The summed E-state index contributed by atoms with van der Waals surface area (Å²) in [6.07, 6.45) is 1.37. The summed E-state index contributed by atoms with van der Waals surface area (Å²) in [6.45, 7) is 0.819. The van der Waals surface area contributed by atoms with Gasteiger partial charge in [0.05, 0.1) is 22.1 Å². The van der Waals surface area contributed by atoms with Gasteiger partial charge in [0.2, 0.25) is 15.9 Å². The zero-order valence-electron chi connectivity index (χ0n) is 15.9. The van der Waals surface area contributed by atoms with E-state index in [9.17, 15) is 18.0 Å². The molecule has 10 heteroatoms. The predicted molar refractivity (Wildman–Crippen MR) is 115 cm³/mol. The first-order chi connectivity index (χ1) is 14.4. The molecule has 0 bridgehead atoms. The van der Waals surface area contributed by atoms with Crippen molar-refractivity contribution in [2.24, 2.45) is 0 Å². The first-order valence-corrected chi connectivity index (χ1v) is 11.6. The lowest BCUT2D eigenvalue weighted by molar-refractivity contribution is -0.133. The van der Waals surface area contributed by atoms with E-state index in [2.05, 4.69) is 20.9 Å². The highest BCUT2D eigenvalue weighted by atomic mass is 79.9. The average Bonchev–Trinajstić information content (AvgIpc) is 2.76. The van der Waals surface area contributed by atoms with Crippen LogP contribution in [0.25, 0.3) is 10.9 Å². The lowest BCUT2D eigenvalue weighted by Gasteiger charge is -2.34. The quantitative estimate of drug-likeness (QED) is 0.554. The van der Waals surface area contributed by atoms with Crippen molar-refractivity contribution < 1.29 is 13.2 Å². The molecule has 0 aliphatic carbocycles. The minimum Gasteiger partial charge on any atom is -0.338 e. The number of benzene rings is 2. The Hall–Kier alpha value is -2.56. The largest absolute Gasteiger partial charge is 0.338 e. The number of fused-ring (bicyclic) bond motifs is 1. The number of carbonyl (C=O) groups excluding carboxylic acids is 1. The van der Waals surface area contributed by atoms with Crippen LogP contribution >= 0.6 is 15.9 Å². The molecule has 30 heavy (non-hydrogen) atoms. The highest BCUT2D eigenvalue weighted by Gasteiger charge is 2.30. The van der Waals surface area contributed by atoms with Crippen LogP contribution in [0.3, 0.4) is 0 Å². The Labute approximate surface area is 181 Å². The Morgan fingerprint density at radius 1 is 1.03 bits per heavy atom. The number of nitrogens with zero attached hydrogens (tertiary/aromatic N) is 4. The lowest BCUT2D eigenvalue weighted by Crippen LogP contribution is -2.51. The molecular formula is C20H19BrN4O4S. The number of rotatable bonds is 4. The van der Waals surface area contributed by atoms with E-state index in [1.54, 1.807) is 53.4 Å². The van der Waals surface area contributed by atoms with Gasteiger partial charge in [0.1, 0.15) is 6.54 Å². The number of aromatic nitrogens is 2. The van der Waals surface area contributed by atoms with Crippen molar-refractivity contribution in [3.05, 3.63) is 69.7 Å². The minimum atomic E-state index is -3.58. The molecule has 0 atom stereocenters. The van der Waals surface area contributed by atoms with E-state index in [1.165, 1.54) is 15.2 Å². The first-order valence-electron chi connectivity index (χ1n) is 9.34. The molecule has 4 rings (SSSR count). The molecule has 1 amide bonds. The van der Waals surface area contributed by atoms with Crippen molar-refractivity contribution in [1.29, 1.82) is 0 Å². The molecule has 3 aromatic rings. The van der Waals surface area contributed by atoms with Crippen LogP contribution in [0, 0.1) is 0 Å². The summed E-state index contributed by atoms with van der Waals surface area (Å²) in [7, 11) is -3.58. The molecule has 1 aromatic heterocycles. The van der Waals surface area contributed by atoms with E-state index in [4.69, 9.17) is 0 Å². The Bertz CT molecular complexity index is 1250. The number of halogens is 1. The van der Waals surface area contributed by atoms with Crippen molar-refractivity contribution in [3.63, 3.8) is 0 Å². The van der Waals surface area contributed by atoms with Crippen molar-refractivity contribution in [2.45, 2.75) is 11.4 Å². The summed E-state index contributed by atoms with van der Waals surface area (Å²) >= 11 is 3.34. The summed E-state index contributed by atoms with van der Waals surface area (Å²) in [5.41, 5.74) is 0.270. The third-order valence-electron chi connectivity index (χ3n) is 5.06. The number of carbonyl (C=O) groups is 1. The molecule has 8 nitrogen and oxygen atoms in total. The van der Waals surface area contributed by atoms with Crippen molar-refractivity contribution in [2.75, 3.05) is 26.2 Å². The molecular weight excluding hydrogens is 472 g/mol. The van der Waals surface area contributed by atoms with Crippen LogP contribution in [0.1, 0.15) is 0 Å². The lowest BCUT2D eigenvalue weighted by atomic mass is 10.2. The maximum absolute atomic E-state index is 12.7. The van der Waals surface area contributed by atoms with Crippen molar-refractivity contribution in [1.82, 2.24) is 18.8 Å². The van der Waals surface area contributed by atoms with Gasteiger partial charge in [-0.25, -0.2) is 13.4 Å². The highest BCUT2D eigenvalue weighted by molar-refractivity contribution is 9.10. The predicted octanol–water partition coefficient (Wildman–Crippen LogP) is 1.69. The van der Waals surface area contributed by atoms with Crippen LogP contribution < -0.4 is 5.56 Å². The van der Waals surface area contributed by atoms with Gasteiger partial charge in [-0.15, -0.1) is 0 Å². The molecule has 2 heterocycles. The number of hydrogen-bond acceptors (Lipinski definition) is 5. The van der Waals surface area contributed by atoms with Crippen LogP contribution in [0.4, 0.5) is 0 Å². The van der Waals surface area contributed by atoms with Gasteiger partial charge in [-0.2, -0.15) is 4.31 Å². The SMILES string of the molecule is O=C(Cn1cnc2ccc(Br)cc2c1=O)N1CCN(S(=O)(=O)c2ccccc2)CC1. The second-order valence-electron chi connectivity index (χ2n) is 6.94. The highest BCUT2D eigenvalue weighted by Crippen LogP contribution is 2.18. The van der Waals surface area contributed by atoms with Gasteiger partial charge in [0, 0.05) is 30.7 Å². The Balaban J connectivity index is 1.45. The van der Waals surface area contributed by atoms with E-state index in [1.807, 2.05) is 0 Å². The van der Waals surface area contributed by atoms with Crippen molar-refractivity contribution >= 4 is 42.8 Å². The molecule has 1 aliphatic heterocycles. The van der Waals surface area contributed by atoms with Gasteiger partial charge in [-0.1, -0.05) is 34.1 Å². The summed E-state index contributed by atoms with van der Waals surface area (Å²) in [5, 5.41) is 0.429. The maximum Gasteiger partial charge on any atom is 0.261 e. The van der Waals surface area contributed by atoms with Gasteiger partial charge < -0.3 is 4.90 Å². The standard InChI is InChI=1S/C20H19BrN4O4S/c21-15-6-7-18-17(12-15)20(27)24(14-22-18)13-19(26)23-8-10-25(11-9-23)30(28,29)16-4-2-1-3-5-16/h1-7,12,14H,8-11,13H2. The molecule has 1 aliphatic rings. The van der Waals surface area contributed by atoms with Gasteiger partial charge in [-0.3, -0.25) is 14.2 Å². The molecule has 0 spiro atoms. The molecule has 2 aromatic carbocycles. The van der Waals surface area contributed by atoms with E-state index >= 15 is 0 Å². The summed E-state index contributed by atoms with van der Waals surface area (Å²) < 4.78 is 28.9. The monoisotopic (exact) mass is 490 g/mol. The Kier molecular flexibility index (Phi) is 5.72. The molecule has 0 unspecified atom stereocenters. The Morgan fingerprint density at radius 3 is 2.43 bits per heavy atom. The number of hydrogen-bond donors (Lipinski definition) is 0. The number of sulfonamides is 1. The zero-order chi connectivity index (χ0) is 21.3. The van der Waals surface area contributed by atoms with Crippen LogP contribution in [-0.2, 0) is 21.4 Å². The molecule has 1 fully saturated rings. The minimum absolute atomic E-state index is 0.139. The van der Waals surface area contributed by atoms with E-state index in [-0.39, 0.29) is 49.1 Å². The first kappa shape index (κ1) is 20.7. The maximum atomic E-state index is 12.7. The number of amides is 1. The molecule has 1 saturated heterocycles. The van der Waals surface area contributed by atoms with Gasteiger partial charge >= 0.3 is 0 Å².